The van der Waals surface area contributed by atoms with Gasteiger partial charge in [-0.1, -0.05) is 31.2 Å². The van der Waals surface area contributed by atoms with E-state index < -0.39 is 85.4 Å². The van der Waals surface area contributed by atoms with Crippen LogP contribution < -0.4 is 4.74 Å². The molecule has 20 heavy (non-hydrogen) atoms. The summed E-state index contributed by atoms with van der Waals surface area (Å²) in [6.45, 7) is -0.562. The average Bonchev–Trinajstić information content (AvgIpc) is 2.69. The van der Waals surface area contributed by atoms with Gasteiger partial charge in [-0.3, -0.25) is 0 Å². The molecule has 3 nitrogen and oxygen atoms in total. The Labute approximate surface area is 142 Å². The van der Waals surface area contributed by atoms with Crippen molar-refractivity contribution in [2.75, 3.05) is 27.7 Å². The predicted octanol–water partition coefficient (Wildman–Crippen LogP) is 3.04. The van der Waals surface area contributed by atoms with Crippen LogP contribution in [-0.2, 0) is 0 Å². The van der Waals surface area contributed by atoms with Gasteiger partial charge >= 0.3 is 0 Å². The molecule has 0 saturated heterocycles. The highest BCUT2D eigenvalue weighted by Crippen LogP contribution is 2.40. The maximum absolute atomic E-state index is 11.8. The SMILES string of the molecule is [2H]c1c([2H])c([C@@H](CN(C)C)C2(O)C([2H])([2H])C([2H])([2H])C([2H])([2H])C([2H])([2H])C2([2H])[2H])c([2H])c([2H])c1OC. The molecule has 1 aromatic rings. The van der Waals surface area contributed by atoms with Crippen molar-refractivity contribution in [2.45, 2.75) is 43.4 Å². The molecular weight excluding hydrogens is 250 g/mol. The Hall–Kier alpha value is -1.06. The summed E-state index contributed by atoms with van der Waals surface area (Å²) in [5, 5.41) is 11.8. The average molecular weight is 291 g/mol. The van der Waals surface area contributed by atoms with Gasteiger partial charge in [-0.15, -0.1) is 0 Å². The van der Waals surface area contributed by atoms with E-state index in [1.165, 1.54) is 19.0 Å². The Kier molecular flexibility index (Phi) is 1.74. The third-order valence-corrected chi connectivity index (χ3v) is 2.86. The minimum atomic E-state index is -3.82. The van der Waals surface area contributed by atoms with Crippen LogP contribution in [-0.4, -0.2) is 43.4 Å². The van der Waals surface area contributed by atoms with Gasteiger partial charge in [0.25, 0.3) is 0 Å². The van der Waals surface area contributed by atoms with Gasteiger partial charge in [-0.05, 0) is 44.5 Å². The Bertz CT molecular complexity index is 918. The van der Waals surface area contributed by atoms with E-state index >= 15 is 0 Å². The third-order valence-electron chi connectivity index (χ3n) is 2.86. The number of aliphatic hydroxyl groups is 1. The smallest absolute Gasteiger partial charge is 0.118 e. The van der Waals surface area contributed by atoms with E-state index in [9.17, 15) is 5.11 Å². The molecule has 0 radical (unpaired) electrons. The van der Waals surface area contributed by atoms with Crippen molar-refractivity contribution in [1.29, 1.82) is 0 Å². The van der Waals surface area contributed by atoms with E-state index in [-0.39, 0.29) is 0 Å². The first-order valence-corrected chi connectivity index (χ1v) is 6.03. The molecule has 0 aromatic heterocycles. The van der Waals surface area contributed by atoms with E-state index in [1.807, 2.05) is 0 Å². The van der Waals surface area contributed by atoms with E-state index in [4.69, 9.17) is 23.9 Å². The van der Waals surface area contributed by atoms with E-state index in [0.29, 0.717) is 0 Å². The van der Waals surface area contributed by atoms with Crippen molar-refractivity contribution in [3.63, 3.8) is 0 Å². The molecule has 2 rings (SSSR count). The van der Waals surface area contributed by atoms with Crippen molar-refractivity contribution in [3.8, 4) is 5.75 Å². The van der Waals surface area contributed by atoms with Crippen LogP contribution in [0.25, 0.3) is 0 Å². The van der Waals surface area contributed by atoms with Gasteiger partial charge in [0.05, 0.1) is 18.2 Å². The maximum atomic E-state index is 11.8. The Balaban J connectivity index is 3.11. The molecule has 0 amide bonds. The van der Waals surface area contributed by atoms with E-state index in [0.717, 1.165) is 7.11 Å². The summed E-state index contributed by atoms with van der Waals surface area (Å²) in [4.78, 5) is 1.29. The lowest BCUT2D eigenvalue weighted by atomic mass is 9.72. The number of rotatable bonds is 5. The summed E-state index contributed by atoms with van der Waals surface area (Å²) < 4.78 is 120. The van der Waals surface area contributed by atoms with Crippen LogP contribution in [0.2, 0.25) is 0 Å². The number of hydrogen-bond donors (Lipinski definition) is 1. The molecule has 1 atom stereocenters. The fourth-order valence-corrected chi connectivity index (χ4v) is 1.87. The highest BCUT2D eigenvalue weighted by atomic mass is 16.5. The number of ether oxygens (including phenoxy) is 1. The van der Waals surface area contributed by atoms with Crippen LogP contribution in [0, 0.1) is 0 Å². The van der Waals surface area contributed by atoms with Crippen LogP contribution in [0.15, 0.2) is 24.2 Å². The van der Waals surface area contributed by atoms with E-state index in [2.05, 4.69) is 0 Å². The second-order valence-corrected chi connectivity index (χ2v) is 4.65. The quantitative estimate of drug-likeness (QED) is 0.905. The number of benzene rings is 1. The van der Waals surface area contributed by atoms with Crippen molar-refractivity contribution in [3.05, 3.63) is 29.7 Å². The van der Waals surface area contributed by atoms with Crippen LogP contribution >= 0.6 is 0 Å². The summed E-state index contributed by atoms with van der Waals surface area (Å²) in [5.41, 5.74) is -4.39. The minimum Gasteiger partial charge on any atom is -0.497 e. The Morgan fingerprint density at radius 1 is 1.30 bits per heavy atom. The zero-order valence-electron chi connectivity index (χ0n) is 25.6. The third kappa shape index (κ3) is 3.53. The van der Waals surface area contributed by atoms with Gasteiger partial charge in [0.15, 0.2) is 0 Å². The fraction of sp³-hybridized carbons (Fsp3) is 0.647. The molecule has 1 aliphatic carbocycles. The van der Waals surface area contributed by atoms with Crippen molar-refractivity contribution in [2.24, 2.45) is 0 Å². The number of methoxy groups -OCH3 is 1. The van der Waals surface area contributed by atoms with Gasteiger partial charge < -0.3 is 14.7 Å². The van der Waals surface area contributed by atoms with Gasteiger partial charge in [0, 0.05) is 26.2 Å². The largest absolute Gasteiger partial charge is 0.497 e. The molecule has 0 heterocycles. The monoisotopic (exact) mass is 291 g/mol. The van der Waals surface area contributed by atoms with Crippen molar-refractivity contribution < 1.29 is 29.0 Å². The zero-order chi connectivity index (χ0) is 27.0. The fourth-order valence-electron chi connectivity index (χ4n) is 1.87. The lowest BCUT2D eigenvalue weighted by Crippen LogP contribution is -2.42. The molecule has 0 unspecified atom stereocenters. The molecular formula is C17H27NO2. The first-order chi connectivity index (χ1) is 15.0. The minimum absolute atomic E-state index is 0.467. The predicted molar refractivity (Wildman–Crippen MR) is 82.3 cm³/mol. The van der Waals surface area contributed by atoms with Crippen LogP contribution in [0.1, 0.15) is 62.5 Å². The molecule has 1 aromatic carbocycles. The highest BCUT2D eigenvalue weighted by Gasteiger charge is 2.38. The molecule has 1 N–H and O–H groups in total. The number of nitrogens with zero attached hydrogens (tertiary/aromatic N) is 1. The topological polar surface area (TPSA) is 32.7 Å². The summed E-state index contributed by atoms with van der Waals surface area (Å²) in [6.07, 6.45) is -19.0. The first kappa shape index (κ1) is 5.29. The lowest BCUT2D eigenvalue weighted by molar-refractivity contribution is -0.0277. The van der Waals surface area contributed by atoms with Gasteiger partial charge in [0.1, 0.15) is 5.75 Å². The Morgan fingerprint density at radius 2 is 1.90 bits per heavy atom. The normalized spacial score (nSPS) is 42.6. The maximum Gasteiger partial charge on any atom is 0.118 e. The zero-order valence-corrected chi connectivity index (χ0v) is 11.6. The van der Waals surface area contributed by atoms with Crippen LogP contribution in [0.5, 0.6) is 5.75 Å². The molecule has 1 aliphatic rings. The molecule has 0 bridgehead atoms. The second kappa shape index (κ2) is 6.59. The van der Waals surface area contributed by atoms with Crippen LogP contribution in [0.3, 0.4) is 0 Å². The second-order valence-electron chi connectivity index (χ2n) is 4.65. The summed E-state index contributed by atoms with van der Waals surface area (Å²) in [5.74, 6) is -2.54. The van der Waals surface area contributed by atoms with Crippen LogP contribution in [0.4, 0.5) is 0 Å². The van der Waals surface area contributed by atoms with Crippen molar-refractivity contribution >= 4 is 0 Å². The van der Waals surface area contributed by atoms with Gasteiger partial charge in [-0.2, -0.15) is 0 Å². The van der Waals surface area contributed by atoms with Crippen molar-refractivity contribution in [1.82, 2.24) is 4.90 Å². The molecule has 1 fully saturated rings. The molecule has 112 valence electrons. The molecule has 1 saturated carbocycles. The molecule has 0 spiro atoms. The lowest BCUT2D eigenvalue weighted by Gasteiger charge is -2.40. The summed E-state index contributed by atoms with van der Waals surface area (Å²) >= 11 is 0. The number of hydrogen-bond acceptors (Lipinski definition) is 3. The van der Waals surface area contributed by atoms with E-state index in [1.54, 1.807) is 0 Å². The summed E-state index contributed by atoms with van der Waals surface area (Å²) in [6, 6.07) is -3.08. The van der Waals surface area contributed by atoms with Gasteiger partial charge in [0.2, 0.25) is 0 Å². The first-order valence-electron chi connectivity index (χ1n) is 13.0. The molecule has 3 heteroatoms. The molecule has 0 aliphatic heterocycles. The highest BCUT2D eigenvalue weighted by molar-refractivity contribution is 5.31. The number of likely N-dealkylation sites (N-methyl/N-ethyl adjacent to an activating group) is 1. The Morgan fingerprint density at radius 3 is 2.40 bits per heavy atom. The summed E-state index contributed by atoms with van der Waals surface area (Å²) in [7, 11) is 3.91. The van der Waals surface area contributed by atoms with Gasteiger partial charge in [-0.25, -0.2) is 0 Å². The standard InChI is InChI=1S/C17H27NO2/c1-18(2)13-16(17(19)11-5-4-6-12-17)14-7-9-15(20-3)10-8-14/h7-10,16,19H,4-6,11-13H2,1-3H3/t16-/m1/s1/i4D2,5D2,6D2,7D,8D,9D,10D,11D2,12D2.